The minimum atomic E-state index is 0.334. The number of nitrogens with two attached hydrogens (primary N) is 1. The molecule has 0 aromatic carbocycles. The third kappa shape index (κ3) is 1.92. The van der Waals surface area contributed by atoms with Crippen LogP contribution >= 0.6 is 12.2 Å². The van der Waals surface area contributed by atoms with Gasteiger partial charge in [0, 0.05) is 18.9 Å². The maximum atomic E-state index is 5.42. The fourth-order valence-corrected chi connectivity index (χ4v) is 1.53. The molecule has 0 radical (unpaired) electrons. The van der Waals surface area contributed by atoms with Gasteiger partial charge in [0.1, 0.15) is 0 Å². The van der Waals surface area contributed by atoms with Crippen molar-refractivity contribution in [2.45, 2.75) is 19.3 Å². The van der Waals surface area contributed by atoms with E-state index < -0.39 is 0 Å². The zero-order chi connectivity index (χ0) is 7.61. The largest absolute Gasteiger partial charge is 0.393 e. The lowest BCUT2D eigenvalue weighted by Gasteiger charge is -2.11. The Hall–Kier alpha value is -0.150. The summed E-state index contributed by atoms with van der Waals surface area (Å²) in [5, 5.41) is 0. The smallest absolute Gasteiger partial charge is 0.0733 e. The molecule has 0 heterocycles. The van der Waals surface area contributed by atoms with E-state index in [4.69, 9.17) is 22.7 Å². The predicted octanol–water partition coefficient (Wildman–Crippen LogP) is 1.09. The highest BCUT2D eigenvalue weighted by Crippen LogP contribution is 2.48. The summed E-state index contributed by atoms with van der Waals surface area (Å²) in [6, 6.07) is 0. The van der Waals surface area contributed by atoms with E-state index in [0.29, 0.717) is 10.4 Å². The summed E-state index contributed by atoms with van der Waals surface area (Å²) < 4.78 is 5.05. The molecule has 1 rings (SSSR count). The Balaban J connectivity index is 2.30. The molecule has 2 nitrogen and oxygen atoms in total. The third-order valence-electron chi connectivity index (χ3n) is 1.96. The summed E-state index contributed by atoms with van der Waals surface area (Å²) in [5.41, 5.74) is 5.76. The van der Waals surface area contributed by atoms with Gasteiger partial charge in [-0.15, -0.1) is 0 Å². The molecule has 1 saturated carbocycles. The van der Waals surface area contributed by atoms with Gasteiger partial charge in [-0.3, -0.25) is 0 Å². The number of methoxy groups -OCH3 is 1. The van der Waals surface area contributed by atoms with Crippen molar-refractivity contribution >= 4 is 17.2 Å². The molecular formula is C7H13NOS. The van der Waals surface area contributed by atoms with Crippen LogP contribution in [0.15, 0.2) is 0 Å². The molecule has 0 spiro atoms. The van der Waals surface area contributed by atoms with Crippen LogP contribution in [0.4, 0.5) is 0 Å². The van der Waals surface area contributed by atoms with Crippen LogP contribution < -0.4 is 5.73 Å². The Morgan fingerprint density at radius 1 is 1.70 bits per heavy atom. The first kappa shape index (κ1) is 7.95. The summed E-state index contributed by atoms with van der Waals surface area (Å²) in [6.07, 6.45) is 3.30. The first-order chi connectivity index (χ1) is 4.68. The quantitative estimate of drug-likeness (QED) is 0.624. The first-order valence-corrected chi connectivity index (χ1v) is 3.87. The predicted molar refractivity (Wildman–Crippen MR) is 44.9 cm³/mol. The van der Waals surface area contributed by atoms with Gasteiger partial charge in [-0.25, -0.2) is 0 Å². The number of rotatable bonds is 4. The van der Waals surface area contributed by atoms with Crippen LogP contribution in [0.2, 0.25) is 0 Å². The lowest BCUT2D eigenvalue weighted by molar-refractivity contribution is 0.144. The highest BCUT2D eigenvalue weighted by Gasteiger charge is 2.42. The molecule has 10 heavy (non-hydrogen) atoms. The fraction of sp³-hybridized carbons (Fsp3) is 0.857. The summed E-state index contributed by atoms with van der Waals surface area (Å²) in [5.74, 6) is 0. The SMILES string of the molecule is COCC1(CC(N)=S)CC1. The van der Waals surface area contributed by atoms with Crippen LogP contribution in [0.1, 0.15) is 19.3 Å². The van der Waals surface area contributed by atoms with Crippen LogP contribution in [0.25, 0.3) is 0 Å². The Morgan fingerprint density at radius 2 is 2.30 bits per heavy atom. The lowest BCUT2D eigenvalue weighted by atomic mass is 10.0. The van der Waals surface area contributed by atoms with Gasteiger partial charge in [-0.1, -0.05) is 12.2 Å². The average molecular weight is 159 g/mol. The second-order valence-electron chi connectivity index (χ2n) is 3.08. The van der Waals surface area contributed by atoms with Gasteiger partial charge in [0.15, 0.2) is 0 Å². The van der Waals surface area contributed by atoms with E-state index in [2.05, 4.69) is 0 Å². The maximum Gasteiger partial charge on any atom is 0.0733 e. The molecule has 58 valence electrons. The van der Waals surface area contributed by atoms with Gasteiger partial charge in [0.05, 0.1) is 11.6 Å². The zero-order valence-electron chi connectivity index (χ0n) is 6.22. The molecule has 3 heteroatoms. The number of thiocarbonyl (C=S) groups is 1. The first-order valence-electron chi connectivity index (χ1n) is 3.46. The number of hydrogen-bond acceptors (Lipinski definition) is 2. The molecule has 1 fully saturated rings. The molecular weight excluding hydrogens is 146 g/mol. The molecule has 0 aromatic heterocycles. The molecule has 0 atom stereocenters. The van der Waals surface area contributed by atoms with Gasteiger partial charge in [0.2, 0.25) is 0 Å². The van der Waals surface area contributed by atoms with Crippen molar-refractivity contribution in [3.8, 4) is 0 Å². The molecule has 1 aliphatic carbocycles. The van der Waals surface area contributed by atoms with Crippen molar-refractivity contribution in [1.29, 1.82) is 0 Å². The van der Waals surface area contributed by atoms with Crippen molar-refractivity contribution in [3.05, 3.63) is 0 Å². The number of hydrogen-bond donors (Lipinski definition) is 1. The Morgan fingerprint density at radius 3 is 2.60 bits per heavy atom. The third-order valence-corrected chi connectivity index (χ3v) is 2.10. The van der Waals surface area contributed by atoms with Crippen molar-refractivity contribution in [3.63, 3.8) is 0 Å². The van der Waals surface area contributed by atoms with E-state index in [1.54, 1.807) is 7.11 Å². The van der Waals surface area contributed by atoms with E-state index in [9.17, 15) is 0 Å². The van der Waals surface area contributed by atoms with Crippen molar-refractivity contribution < 1.29 is 4.74 Å². The Bertz CT molecular complexity index is 143. The molecule has 0 amide bonds. The van der Waals surface area contributed by atoms with E-state index in [1.807, 2.05) is 0 Å². The molecule has 0 saturated heterocycles. The van der Waals surface area contributed by atoms with E-state index in [0.717, 1.165) is 13.0 Å². The molecule has 0 aliphatic heterocycles. The normalized spacial score (nSPS) is 20.5. The standard InChI is InChI=1S/C7H13NOS/c1-9-5-7(2-3-7)4-6(8)10/h2-5H2,1H3,(H2,8,10). The highest BCUT2D eigenvalue weighted by atomic mass is 32.1. The number of ether oxygens (including phenoxy) is 1. The lowest BCUT2D eigenvalue weighted by Crippen LogP contribution is -2.18. The van der Waals surface area contributed by atoms with Gasteiger partial charge in [-0.05, 0) is 12.8 Å². The summed E-state index contributed by atoms with van der Waals surface area (Å²) in [6.45, 7) is 0.810. The van der Waals surface area contributed by atoms with Gasteiger partial charge in [0.25, 0.3) is 0 Å². The maximum absolute atomic E-state index is 5.42. The molecule has 0 aromatic rings. The summed E-state index contributed by atoms with van der Waals surface area (Å²) in [7, 11) is 1.72. The van der Waals surface area contributed by atoms with E-state index >= 15 is 0 Å². The van der Waals surface area contributed by atoms with Crippen LogP contribution in [0.5, 0.6) is 0 Å². The van der Waals surface area contributed by atoms with Gasteiger partial charge >= 0.3 is 0 Å². The fourth-order valence-electron chi connectivity index (χ4n) is 1.22. The van der Waals surface area contributed by atoms with Crippen molar-refractivity contribution in [2.24, 2.45) is 11.1 Å². The minimum absolute atomic E-state index is 0.334. The minimum Gasteiger partial charge on any atom is -0.393 e. The monoisotopic (exact) mass is 159 g/mol. The van der Waals surface area contributed by atoms with Gasteiger partial charge in [-0.2, -0.15) is 0 Å². The topological polar surface area (TPSA) is 35.2 Å². The van der Waals surface area contributed by atoms with Crippen LogP contribution in [0, 0.1) is 5.41 Å². The highest BCUT2D eigenvalue weighted by molar-refractivity contribution is 7.80. The molecule has 2 N–H and O–H groups in total. The average Bonchev–Trinajstić information content (AvgIpc) is 2.47. The van der Waals surface area contributed by atoms with Crippen LogP contribution in [-0.2, 0) is 4.74 Å². The molecule has 1 aliphatic rings. The van der Waals surface area contributed by atoms with Crippen LogP contribution in [-0.4, -0.2) is 18.7 Å². The van der Waals surface area contributed by atoms with E-state index in [-0.39, 0.29) is 0 Å². The van der Waals surface area contributed by atoms with Crippen molar-refractivity contribution in [2.75, 3.05) is 13.7 Å². The van der Waals surface area contributed by atoms with Gasteiger partial charge < -0.3 is 10.5 Å². The summed E-state index contributed by atoms with van der Waals surface area (Å²) in [4.78, 5) is 0.620. The zero-order valence-corrected chi connectivity index (χ0v) is 7.04. The second-order valence-corrected chi connectivity index (χ2v) is 3.60. The Kier molecular flexibility index (Phi) is 2.26. The van der Waals surface area contributed by atoms with Crippen molar-refractivity contribution in [1.82, 2.24) is 0 Å². The molecule has 0 unspecified atom stereocenters. The Labute approximate surface area is 66.7 Å². The van der Waals surface area contributed by atoms with Crippen LogP contribution in [0.3, 0.4) is 0 Å². The summed E-state index contributed by atoms with van der Waals surface area (Å²) >= 11 is 4.82. The molecule has 0 bridgehead atoms. The van der Waals surface area contributed by atoms with E-state index in [1.165, 1.54) is 12.8 Å². The second kappa shape index (κ2) is 2.84.